The number of nitrogens with zero attached hydrogens (tertiary/aromatic N) is 3. The minimum absolute atomic E-state index is 0.0867. The van der Waals surface area contributed by atoms with E-state index < -0.39 is 0 Å². The molecule has 0 saturated carbocycles. The fraction of sp³-hybridized carbons (Fsp3) is 0.176. The summed E-state index contributed by atoms with van der Waals surface area (Å²) >= 11 is 7.47. The molecule has 2 heterocycles. The fourth-order valence-corrected chi connectivity index (χ4v) is 3.03. The molecule has 0 aliphatic heterocycles. The van der Waals surface area contributed by atoms with Crippen LogP contribution in [0.3, 0.4) is 0 Å². The van der Waals surface area contributed by atoms with E-state index >= 15 is 0 Å². The lowest BCUT2D eigenvalue weighted by molar-refractivity contribution is -0.118. The van der Waals surface area contributed by atoms with Crippen LogP contribution in [0.5, 0.6) is 0 Å². The first kappa shape index (κ1) is 17.4. The van der Waals surface area contributed by atoms with Crippen LogP contribution in [-0.2, 0) is 17.1 Å². The van der Waals surface area contributed by atoms with Crippen molar-refractivity contribution in [3.05, 3.63) is 65.3 Å². The van der Waals surface area contributed by atoms with Crippen LogP contribution < -0.4 is 5.32 Å². The highest BCUT2D eigenvalue weighted by Crippen LogP contribution is 2.19. The molecule has 0 atom stereocenters. The molecule has 1 aromatic carbocycles. The minimum atomic E-state index is -0.0867. The lowest BCUT2D eigenvalue weighted by Crippen LogP contribution is -2.24. The van der Waals surface area contributed by atoms with Gasteiger partial charge in [0, 0.05) is 28.7 Å². The van der Waals surface area contributed by atoms with Crippen LogP contribution in [0.25, 0.3) is 11.4 Å². The maximum atomic E-state index is 11.9. The molecular formula is C17H15ClN4O2S. The number of pyridine rings is 1. The van der Waals surface area contributed by atoms with Gasteiger partial charge in [0.2, 0.25) is 17.6 Å². The summed E-state index contributed by atoms with van der Waals surface area (Å²) in [5, 5.41) is 7.26. The summed E-state index contributed by atoms with van der Waals surface area (Å²) in [5.74, 6) is 1.79. The molecule has 3 rings (SSSR count). The number of nitrogens with one attached hydrogen (secondary N) is 1. The number of amides is 1. The van der Waals surface area contributed by atoms with Crippen molar-refractivity contribution in [3.63, 3.8) is 0 Å². The maximum absolute atomic E-state index is 11.9. The summed E-state index contributed by atoms with van der Waals surface area (Å²) in [4.78, 5) is 20.2. The molecule has 0 fully saturated rings. The molecule has 0 saturated heterocycles. The Balaban J connectivity index is 1.45. The average molecular weight is 375 g/mol. The van der Waals surface area contributed by atoms with Crippen LogP contribution >= 0.6 is 23.4 Å². The first-order valence-corrected chi connectivity index (χ1v) is 9.06. The van der Waals surface area contributed by atoms with Gasteiger partial charge < -0.3 is 9.84 Å². The van der Waals surface area contributed by atoms with Gasteiger partial charge in [-0.25, -0.2) is 0 Å². The van der Waals surface area contributed by atoms with Crippen molar-refractivity contribution in [2.24, 2.45) is 0 Å². The molecule has 8 heteroatoms. The maximum Gasteiger partial charge on any atom is 0.246 e. The molecule has 2 aromatic heterocycles. The Morgan fingerprint density at radius 2 is 2.20 bits per heavy atom. The van der Waals surface area contributed by atoms with E-state index in [-0.39, 0.29) is 12.5 Å². The monoisotopic (exact) mass is 374 g/mol. The Hall–Kier alpha value is -2.38. The summed E-state index contributed by atoms with van der Waals surface area (Å²) in [6.07, 6.45) is 3.52. The van der Waals surface area contributed by atoms with Crippen molar-refractivity contribution in [3.8, 4) is 11.4 Å². The second-order valence-corrected chi connectivity index (χ2v) is 6.57. The van der Waals surface area contributed by atoms with E-state index in [0.717, 1.165) is 16.9 Å². The van der Waals surface area contributed by atoms with Crippen LogP contribution in [0.4, 0.5) is 0 Å². The fourth-order valence-electron chi connectivity index (χ4n) is 2.04. The van der Waals surface area contributed by atoms with Gasteiger partial charge in [-0.2, -0.15) is 4.98 Å². The number of rotatable bonds is 7. The van der Waals surface area contributed by atoms with E-state index in [2.05, 4.69) is 20.4 Å². The van der Waals surface area contributed by atoms with Crippen molar-refractivity contribution >= 4 is 29.3 Å². The average Bonchev–Trinajstić information content (AvgIpc) is 3.10. The van der Waals surface area contributed by atoms with Crippen LogP contribution in [0.2, 0.25) is 5.02 Å². The van der Waals surface area contributed by atoms with Crippen LogP contribution in [-0.4, -0.2) is 26.8 Å². The first-order chi connectivity index (χ1) is 12.2. The highest BCUT2D eigenvalue weighted by atomic mass is 35.5. The van der Waals surface area contributed by atoms with Gasteiger partial charge in [0.1, 0.15) is 0 Å². The van der Waals surface area contributed by atoms with Gasteiger partial charge in [-0.15, -0.1) is 11.8 Å². The highest BCUT2D eigenvalue weighted by Gasteiger charge is 2.10. The Kier molecular flexibility index (Phi) is 6.03. The number of benzene rings is 1. The molecular weight excluding hydrogens is 360 g/mol. The lowest BCUT2D eigenvalue weighted by Gasteiger charge is -2.02. The van der Waals surface area contributed by atoms with E-state index in [1.807, 2.05) is 24.3 Å². The third kappa shape index (κ3) is 5.30. The Morgan fingerprint density at radius 1 is 1.28 bits per heavy atom. The zero-order chi connectivity index (χ0) is 17.5. The number of carbonyl (C=O) groups is 1. The topological polar surface area (TPSA) is 80.9 Å². The molecule has 3 aromatic rings. The van der Waals surface area contributed by atoms with Gasteiger partial charge in [0.25, 0.3) is 0 Å². The summed E-state index contributed by atoms with van der Waals surface area (Å²) in [6, 6.07) is 11.0. The number of halogens is 1. The summed E-state index contributed by atoms with van der Waals surface area (Å²) in [5.41, 5.74) is 1.85. The van der Waals surface area contributed by atoms with Crippen molar-refractivity contribution in [1.82, 2.24) is 20.4 Å². The van der Waals surface area contributed by atoms with Gasteiger partial charge in [-0.1, -0.05) is 35.0 Å². The number of aromatic nitrogens is 3. The van der Waals surface area contributed by atoms with Crippen molar-refractivity contribution in [2.75, 3.05) is 5.75 Å². The third-order valence-corrected chi connectivity index (χ3v) is 4.45. The van der Waals surface area contributed by atoms with Crippen molar-refractivity contribution < 1.29 is 9.32 Å². The molecule has 1 amide bonds. The summed E-state index contributed by atoms with van der Waals surface area (Å²) < 4.78 is 5.15. The zero-order valence-corrected chi connectivity index (χ0v) is 14.8. The van der Waals surface area contributed by atoms with Crippen LogP contribution in [0, 0.1) is 0 Å². The van der Waals surface area contributed by atoms with E-state index in [0.29, 0.717) is 22.5 Å². The van der Waals surface area contributed by atoms with Gasteiger partial charge in [0.05, 0.1) is 12.3 Å². The zero-order valence-electron chi connectivity index (χ0n) is 13.2. The Morgan fingerprint density at radius 3 is 3.00 bits per heavy atom. The molecule has 25 heavy (non-hydrogen) atoms. The first-order valence-electron chi connectivity index (χ1n) is 7.52. The third-order valence-electron chi connectivity index (χ3n) is 3.21. The lowest BCUT2D eigenvalue weighted by atomic mass is 10.2. The largest absolute Gasteiger partial charge is 0.346 e. The molecule has 0 unspecified atom stereocenters. The van der Waals surface area contributed by atoms with Crippen molar-refractivity contribution in [1.29, 1.82) is 0 Å². The second kappa shape index (κ2) is 8.64. The van der Waals surface area contributed by atoms with Gasteiger partial charge in [0.15, 0.2) is 0 Å². The predicted molar refractivity (Wildman–Crippen MR) is 97.0 cm³/mol. The summed E-state index contributed by atoms with van der Waals surface area (Å²) in [6.45, 7) is 0.194. The Bertz CT molecular complexity index is 841. The van der Waals surface area contributed by atoms with E-state index in [4.69, 9.17) is 16.1 Å². The van der Waals surface area contributed by atoms with Crippen molar-refractivity contribution in [2.45, 2.75) is 12.3 Å². The molecule has 0 spiro atoms. The normalized spacial score (nSPS) is 10.6. The molecule has 0 bridgehead atoms. The number of hydrogen-bond acceptors (Lipinski definition) is 6. The Labute approximate surface area is 154 Å². The molecule has 0 radical (unpaired) electrons. The van der Waals surface area contributed by atoms with Crippen LogP contribution in [0.15, 0.2) is 53.3 Å². The molecule has 128 valence electrons. The summed E-state index contributed by atoms with van der Waals surface area (Å²) in [7, 11) is 0. The van der Waals surface area contributed by atoms with Crippen LogP contribution in [0.1, 0.15) is 11.5 Å². The smallest absolute Gasteiger partial charge is 0.246 e. The number of thioether (sulfide) groups is 1. The van der Waals surface area contributed by atoms with E-state index in [9.17, 15) is 4.79 Å². The number of carbonyl (C=O) groups excluding carboxylic acids is 1. The van der Waals surface area contributed by atoms with Gasteiger partial charge in [-0.05, 0) is 23.8 Å². The SMILES string of the molecule is O=C(CSCc1cccnc1)NCc1nc(-c2cccc(Cl)c2)no1. The van der Waals surface area contributed by atoms with E-state index in [1.165, 1.54) is 11.8 Å². The molecule has 0 aliphatic rings. The highest BCUT2D eigenvalue weighted by molar-refractivity contribution is 7.99. The quantitative estimate of drug-likeness (QED) is 0.683. The second-order valence-electron chi connectivity index (χ2n) is 5.15. The molecule has 1 N–H and O–H groups in total. The molecule has 0 aliphatic carbocycles. The number of hydrogen-bond donors (Lipinski definition) is 1. The van der Waals surface area contributed by atoms with Gasteiger partial charge >= 0.3 is 0 Å². The predicted octanol–water partition coefficient (Wildman–Crippen LogP) is 3.33. The molecule has 6 nitrogen and oxygen atoms in total. The van der Waals surface area contributed by atoms with E-state index in [1.54, 1.807) is 24.5 Å². The minimum Gasteiger partial charge on any atom is -0.346 e. The standard InChI is InChI=1S/C17H15ClN4O2S/c18-14-5-1-4-13(7-14)17-21-16(24-22-17)9-20-15(23)11-25-10-12-3-2-6-19-8-12/h1-8H,9-11H2,(H,20,23). The van der Waals surface area contributed by atoms with Gasteiger partial charge in [-0.3, -0.25) is 9.78 Å².